The van der Waals surface area contributed by atoms with E-state index in [1.165, 1.54) is 0 Å². The van der Waals surface area contributed by atoms with Crippen LogP contribution in [-0.2, 0) is 0 Å². The molecule has 0 N–H and O–H groups in total. The molecule has 84 valence electrons. The third-order valence-corrected chi connectivity index (χ3v) is 1.43. The molecular formula is C8H5F5O2. The molecule has 0 amide bonds. The van der Waals surface area contributed by atoms with Crippen LogP contribution >= 0.6 is 0 Å². The second-order valence-corrected chi connectivity index (χ2v) is 2.32. The van der Waals surface area contributed by atoms with Crippen molar-refractivity contribution in [2.24, 2.45) is 0 Å². The highest BCUT2D eigenvalue weighted by molar-refractivity contribution is 5.41. The number of hydrogen-bond acceptors (Lipinski definition) is 2. The van der Waals surface area contributed by atoms with Gasteiger partial charge in [-0.2, -0.15) is 13.2 Å². The predicted octanol–water partition coefficient (Wildman–Crippen LogP) is 2.87. The van der Waals surface area contributed by atoms with Crippen LogP contribution in [0.3, 0.4) is 0 Å². The fraction of sp³-hybridized carbons (Fsp3) is 0.250. The number of hydrogen-bond donors (Lipinski definition) is 0. The average Bonchev–Trinajstić information content (AvgIpc) is 2.17. The van der Waals surface area contributed by atoms with Crippen LogP contribution in [0.5, 0.6) is 11.5 Å². The van der Waals surface area contributed by atoms with E-state index in [0.29, 0.717) is 6.07 Å². The molecule has 15 heavy (non-hydrogen) atoms. The molecule has 0 aliphatic heterocycles. The quantitative estimate of drug-likeness (QED) is 0.737. The Morgan fingerprint density at radius 3 is 2.40 bits per heavy atom. The summed E-state index contributed by atoms with van der Waals surface area (Å²) >= 11 is 0. The molecular weight excluding hydrogens is 223 g/mol. The Hall–Kier alpha value is -1.53. The topological polar surface area (TPSA) is 18.5 Å². The monoisotopic (exact) mass is 228 g/mol. The summed E-state index contributed by atoms with van der Waals surface area (Å²) in [5.41, 5.74) is 0. The zero-order chi connectivity index (χ0) is 11.4. The van der Waals surface area contributed by atoms with Gasteiger partial charge < -0.3 is 9.47 Å². The van der Waals surface area contributed by atoms with Gasteiger partial charge in [0.05, 0.1) is 0 Å². The molecule has 2 nitrogen and oxygen atoms in total. The maximum absolute atomic E-state index is 12.9. The lowest BCUT2D eigenvalue weighted by atomic mass is 10.3. The first-order valence-electron chi connectivity index (χ1n) is 3.67. The van der Waals surface area contributed by atoms with E-state index >= 15 is 0 Å². The third kappa shape index (κ3) is 2.71. The molecule has 0 bridgehead atoms. The molecule has 0 spiro atoms. The van der Waals surface area contributed by atoms with Gasteiger partial charge in [0.1, 0.15) is 0 Å². The number of ether oxygens (including phenoxy) is 2. The summed E-state index contributed by atoms with van der Waals surface area (Å²) in [6.07, 6.45) is 0. The standard InChI is InChI=1S/C8H5F5O2/c9-3-14-7-5(15-8(12)13)2-1-4(10)6(7)11/h1-2,8H,3H2. The van der Waals surface area contributed by atoms with E-state index in [4.69, 9.17) is 0 Å². The minimum Gasteiger partial charge on any atom is -0.456 e. The van der Waals surface area contributed by atoms with Gasteiger partial charge in [-0.25, -0.2) is 8.78 Å². The Balaban J connectivity index is 3.08. The maximum atomic E-state index is 12.9. The first-order valence-corrected chi connectivity index (χ1v) is 3.67. The molecule has 0 aliphatic carbocycles. The first kappa shape index (κ1) is 11.5. The molecule has 7 heteroatoms. The molecule has 0 unspecified atom stereocenters. The summed E-state index contributed by atoms with van der Waals surface area (Å²) in [6, 6.07) is 1.29. The van der Waals surface area contributed by atoms with E-state index in [2.05, 4.69) is 9.47 Å². The zero-order valence-electron chi connectivity index (χ0n) is 7.15. The summed E-state index contributed by atoms with van der Waals surface area (Å²) in [7, 11) is 0. The summed E-state index contributed by atoms with van der Waals surface area (Å²) in [6.45, 7) is -4.73. The highest BCUT2D eigenvalue weighted by atomic mass is 19.3. The smallest absolute Gasteiger partial charge is 0.387 e. The van der Waals surface area contributed by atoms with Crippen LogP contribution in [-0.4, -0.2) is 13.5 Å². The highest BCUT2D eigenvalue weighted by Crippen LogP contribution is 2.32. The number of rotatable bonds is 4. The molecule has 1 aromatic carbocycles. The molecule has 0 aromatic heterocycles. The molecule has 0 saturated heterocycles. The van der Waals surface area contributed by atoms with Gasteiger partial charge in [0.2, 0.25) is 18.4 Å². The lowest BCUT2D eigenvalue weighted by Gasteiger charge is -2.10. The van der Waals surface area contributed by atoms with Gasteiger partial charge >= 0.3 is 6.61 Å². The number of halogens is 5. The Morgan fingerprint density at radius 1 is 1.20 bits per heavy atom. The van der Waals surface area contributed by atoms with Gasteiger partial charge in [-0.3, -0.25) is 0 Å². The van der Waals surface area contributed by atoms with Crippen LogP contribution in [0.25, 0.3) is 0 Å². The predicted molar refractivity (Wildman–Crippen MR) is 39.6 cm³/mol. The van der Waals surface area contributed by atoms with Crippen molar-refractivity contribution in [1.29, 1.82) is 0 Å². The van der Waals surface area contributed by atoms with Crippen LogP contribution in [0.15, 0.2) is 12.1 Å². The molecule has 0 fully saturated rings. The van der Waals surface area contributed by atoms with E-state index in [1.54, 1.807) is 0 Å². The lowest BCUT2D eigenvalue weighted by Crippen LogP contribution is -2.06. The van der Waals surface area contributed by atoms with Crippen molar-refractivity contribution < 1.29 is 31.4 Å². The molecule has 0 radical (unpaired) electrons. The van der Waals surface area contributed by atoms with Crippen molar-refractivity contribution in [3.63, 3.8) is 0 Å². The van der Waals surface area contributed by atoms with Crippen molar-refractivity contribution in [3.05, 3.63) is 23.8 Å². The molecule has 0 atom stereocenters. The normalized spacial score (nSPS) is 10.5. The van der Waals surface area contributed by atoms with Crippen LogP contribution < -0.4 is 9.47 Å². The van der Waals surface area contributed by atoms with Gasteiger partial charge in [0.15, 0.2) is 11.6 Å². The summed E-state index contributed by atoms with van der Waals surface area (Å²) in [4.78, 5) is 0. The minimum atomic E-state index is -3.24. The van der Waals surface area contributed by atoms with Gasteiger partial charge in [-0.1, -0.05) is 0 Å². The Kier molecular flexibility index (Phi) is 3.70. The van der Waals surface area contributed by atoms with Gasteiger partial charge in [0, 0.05) is 0 Å². The lowest BCUT2D eigenvalue weighted by molar-refractivity contribution is -0.0524. The van der Waals surface area contributed by atoms with E-state index in [0.717, 1.165) is 6.07 Å². The highest BCUT2D eigenvalue weighted by Gasteiger charge is 2.18. The first-order chi connectivity index (χ1) is 7.06. The molecule has 0 aliphatic rings. The van der Waals surface area contributed by atoms with E-state index in [1.807, 2.05) is 0 Å². The summed E-state index contributed by atoms with van der Waals surface area (Å²) < 4.78 is 68.6. The number of benzene rings is 1. The third-order valence-electron chi connectivity index (χ3n) is 1.43. The SMILES string of the molecule is FCOc1c(OC(F)F)ccc(F)c1F. The second kappa shape index (κ2) is 4.81. The Bertz CT molecular complexity index is 342. The fourth-order valence-electron chi connectivity index (χ4n) is 0.892. The van der Waals surface area contributed by atoms with Crippen molar-refractivity contribution in [3.8, 4) is 11.5 Å². The van der Waals surface area contributed by atoms with Crippen LogP contribution in [0.2, 0.25) is 0 Å². The fourth-order valence-corrected chi connectivity index (χ4v) is 0.892. The van der Waals surface area contributed by atoms with Crippen molar-refractivity contribution in [1.82, 2.24) is 0 Å². The second-order valence-electron chi connectivity index (χ2n) is 2.32. The largest absolute Gasteiger partial charge is 0.456 e. The van der Waals surface area contributed by atoms with Crippen molar-refractivity contribution in [2.45, 2.75) is 6.61 Å². The van der Waals surface area contributed by atoms with Gasteiger partial charge in [-0.15, -0.1) is 0 Å². The Morgan fingerprint density at radius 2 is 1.87 bits per heavy atom. The zero-order valence-corrected chi connectivity index (χ0v) is 7.15. The minimum absolute atomic E-state index is 0.568. The summed E-state index contributed by atoms with van der Waals surface area (Å²) in [5.74, 6) is -4.70. The van der Waals surface area contributed by atoms with Crippen LogP contribution in [0.4, 0.5) is 22.0 Å². The Labute approximate surface area is 81.2 Å². The van der Waals surface area contributed by atoms with Gasteiger partial charge in [-0.05, 0) is 12.1 Å². The van der Waals surface area contributed by atoms with Crippen molar-refractivity contribution >= 4 is 0 Å². The average molecular weight is 228 g/mol. The van der Waals surface area contributed by atoms with Crippen molar-refractivity contribution in [2.75, 3.05) is 6.86 Å². The van der Waals surface area contributed by atoms with E-state index in [-0.39, 0.29) is 0 Å². The molecule has 0 saturated carbocycles. The maximum Gasteiger partial charge on any atom is 0.387 e. The molecule has 1 rings (SSSR count). The molecule has 0 heterocycles. The summed E-state index contributed by atoms with van der Waals surface area (Å²) in [5, 5.41) is 0. The number of alkyl halides is 3. The van der Waals surface area contributed by atoms with E-state index < -0.39 is 36.6 Å². The van der Waals surface area contributed by atoms with Crippen LogP contribution in [0.1, 0.15) is 0 Å². The van der Waals surface area contributed by atoms with E-state index in [9.17, 15) is 22.0 Å². The van der Waals surface area contributed by atoms with Crippen LogP contribution in [0, 0.1) is 11.6 Å². The molecule has 1 aromatic rings. The van der Waals surface area contributed by atoms with Gasteiger partial charge in [0.25, 0.3) is 0 Å².